The second-order valence-corrected chi connectivity index (χ2v) is 2.63. The largest absolute Gasteiger partial charge is 0.461 e. The van der Waals surface area contributed by atoms with E-state index >= 15 is 0 Å². The maximum atomic E-state index is 11.1. The Morgan fingerprint density at radius 2 is 2.50 bits per heavy atom. The van der Waals surface area contributed by atoms with Crippen molar-refractivity contribution in [2.75, 3.05) is 6.61 Å². The maximum Gasteiger partial charge on any atom is 0.360 e. The first-order chi connectivity index (χ1) is 5.65. The van der Waals surface area contributed by atoms with Gasteiger partial charge in [0.1, 0.15) is 0 Å². The molecule has 66 valence electrons. The molecule has 0 saturated carbocycles. The van der Waals surface area contributed by atoms with Crippen LogP contribution < -0.4 is 0 Å². The Balaban J connectivity index is 2.87. The molecule has 12 heavy (non-hydrogen) atoms. The Labute approximate surface area is 75.1 Å². The van der Waals surface area contributed by atoms with E-state index in [4.69, 9.17) is 16.3 Å². The Morgan fingerprint density at radius 1 is 1.83 bits per heavy atom. The number of ether oxygens (including phenoxy) is 1. The summed E-state index contributed by atoms with van der Waals surface area (Å²) in [6.45, 7) is 2.06. The van der Waals surface area contributed by atoms with Crippen LogP contribution in [0.3, 0.4) is 0 Å². The van der Waals surface area contributed by atoms with Gasteiger partial charge in [0.15, 0.2) is 5.69 Å². The molecular weight excluding hydrogens is 180 g/mol. The summed E-state index contributed by atoms with van der Waals surface area (Å²) in [5.74, 6) is -0.483. The molecule has 0 atom stereocenters. The van der Waals surface area contributed by atoms with E-state index in [1.54, 1.807) is 20.2 Å². The molecule has 0 aliphatic carbocycles. The van der Waals surface area contributed by atoms with Crippen molar-refractivity contribution in [1.29, 1.82) is 0 Å². The Hall–Kier alpha value is -1.03. The van der Waals surface area contributed by atoms with E-state index in [0.717, 1.165) is 0 Å². The van der Waals surface area contributed by atoms with Crippen molar-refractivity contribution in [3.05, 3.63) is 16.9 Å². The van der Waals surface area contributed by atoms with Crippen LogP contribution >= 0.6 is 11.6 Å². The fourth-order valence-corrected chi connectivity index (χ4v) is 1.05. The second kappa shape index (κ2) is 3.58. The van der Waals surface area contributed by atoms with Gasteiger partial charge in [-0.1, -0.05) is 11.6 Å². The fraction of sp³-hybridized carbons (Fsp3) is 0.429. The Kier molecular flexibility index (Phi) is 2.70. The van der Waals surface area contributed by atoms with Gasteiger partial charge in [0, 0.05) is 13.2 Å². The van der Waals surface area contributed by atoms with Crippen molar-refractivity contribution < 1.29 is 9.53 Å². The van der Waals surface area contributed by atoms with Crippen LogP contribution in [0, 0.1) is 0 Å². The molecule has 4 nitrogen and oxygen atoms in total. The highest BCUT2D eigenvalue weighted by Crippen LogP contribution is 2.13. The molecular formula is C7H9ClN2O2. The summed E-state index contributed by atoms with van der Waals surface area (Å²) in [5.41, 5.74) is 0.168. The van der Waals surface area contributed by atoms with Gasteiger partial charge in [-0.25, -0.2) is 4.79 Å². The van der Waals surface area contributed by atoms with Gasteiger partial charge in [0.05, 0.1) is 11.6 Å². The fourth-order valence-electron chi connectivity index (χ4n) is 0.797. The second-order valence-electron chi connectivity index (χ2n) is 2.22. The maximum absolute atomic E-state index is 11.1. The summed E-state index contributed by atoms with van der Waals surface area (Å²) in [7, 11) is 1.69. The van der Waals surface area contributed by atoms with Crippen molar-refractivity contribution >= 4 is 17.6 Å². The molecule has 0 radical (unpaired) electrons. The molecule has 0 aromatic carbocycles. The molecule has 0 amide bonds. The Bertz CT molecular complexity index is 296. The van der Waals surface area contributed by atoms with E-state index in [1.807, 2.05) is 0 Å². The lowest BCUT2D eigenvalue weighted by Gasteiger charge is -1.96. The van der Waals surface area contributed by atoms with Gasteiger partial charge >= 0.3 is 5.97 Å². The van der Waals surface area contributed by atoms with Crippen LogP contribution in [-0.2, 0) is 11.8 Å². The van der Waals surface area contributed by atoms with Gasteiger partial charge in [-0.3, -0.25) is 4.68 Å². The number of aryl methyl sites for hydroxylation is 1. The molecule has 1 rings (SSSR count). The first kappa shape index (κ1) is 9.06. The SMILES string of the molecule is CCOC(=O)c1nn(C)cc1Cl. The third-order valence-electron chi connectivity index (χ3n) is 1.25. The summed E-state index contributed by atoms with van der Waals surface area (Å²) in [6, 6.07) is 0. The van der Waals surface area contributed by atoms with Crippen molar-refractivity contribution in [2.24, 2.45) is 7.05 Å². The zero-order chi connectivity index (χ0) is 9.14. The van der Waals surface area contributed by atoms with Crippen LogP contribution in [0.4, 0.5) is 0 Å². The molecule has 0 aliphatic rings. The highest BCUT2D eigenvalue weighted by Gasteiger charge is 2.14. The molecule has 5 heteroatoms. The minimum atomic E-state index is -0.483. The number of aromatic nitrogens is 2. The summed E-state index contributed by atoms with van der Waals surface area (Å²) >= 11 is 5.69. The van der Waals surface area contributed by atoms with Crippen LogP contribution in [0.2, 0.25) is 5.02 Å². The molecule has 0 aliphatic heterocycles. The molecule has 0 spiro atoms. The van der Waals surface area contributed by atoms with E-state index in [2.05, 4.69) is 5.10 Å². The Morgan fingerprint density at radius 3 is 2.92 bits per heavy atom. The molecule has 0 N–H and O–H groups in total. The zero-order valence-corrected chi connectivity index (χ0v) is 7.63. The predicted octanol–water partition coefficient (Wildman–Crippen LogP) is 1.25. The molecule has 1 aromatic rings. The van der Waals surface area contributed by atoms with Crippen LogP contribution in [0.25, 0.3) is 0 Å². The van der Waals surface area contributed by atoms with Crippen molar-refractivity contribution in [2.45, 2.75) is 6.92 Å². The van der Waals surface area contributed by atoms with Crippen LogP contribution in [0.5, 0.6) is 0 Å². The normalized spacial score (nSPS) is 9.92. The van der Waals surface area contributed by atoms with Crippen molar-refractivity contribution in [3.63, 3.8) is 0 Å². The number of nitrogens with zero attached hydrogens (tertiary/aromatic N) is 2. The lowest BCUT2D eigenvalue weighted by atomic mass is 10.4. The van der Waals surface area contributed by atoms with Gasteiger partial charge < -0.3 is 4.74 Å². The third-order valence-corrected chi connectivity index (χ3v) is 1.53. The highest BCUT2D eigenvalue weighted by molar-refractivity contribution is 6.33. The number of hydrogen-bond acceptors (Lipinski definition) is 3. The minimum Gasteiger partial charge on any atom is -0.461 e. The number of hydrogen-bond donors (Lipinski definition) is 0. The summed E-state index contributed by atoms with van der Waals surface area (Å²) < 4.78 is 6.19. The number of rotatable bonds is 2. The lowest BCUT2D eigenvalue weighted by molar-refractivity contribution is 0.0519. The molecule has 0 saturated heterocycles. The first-order valence-corrected chi connectivity index (χ1v) is 3.89. The molecule has 0 bridgehead atoms. The average Bonchev–Trinajstić information content (AvgIpc) is 2.30. The van der Waals surface area contributed by atoms with E-state index in [0.29, 0.717) is 11.6 Å². The van der Waals surface area contributed by atoms with Gasteiger partial charge in [0.25, 0.3) is 0 Å². The summed E-state index contributed by atoms with van der Waals surface area (Å²) in [5, 5.41) is 4.15. The first-order valence-electron chi connectivity index (χ1n) is 3.51. The van der Waals surface area contributed by atoms with Crippen molar-refractivity contribution in [3.8, 4) is 0 Å². The van der Waals surface area contributed by atoms with E-state index in [-0.39, 0.29) is 5.69 Å². The summed E-state index contributed by atoms with van der Waals surface area (Å²) in [4.78, 5) is 11.1. The number of esters is 1. The van der Waals surface area contributed by atoms with Gasteiger partial charge in [0.2, 0.25) is 0 Å². The van der Waals surface area contributed by atoms with Crippen LogP contribution in [0.1, 0.15) is 17.4 Å². The standard InChI is InChI=1S/C7H9ClN2O2/c1-3-12-7(11)6-5(8)4-10(2)9-6/h4H,3H2,1-2H3. The smallest absolute Gasteiger partial charge is 0.360 e. The number of halogens is 1. The topological polar surface area (TPSA) is 44.1 Å². The van der Waals surface area contributed by atoms with E-state index in [1.165, 1.54) is 4.68 Å². The van der Waals surface area contributed by atoms with E-state index in [9.17, 15) is 4.79 Å². The van der Waals surface area contributed by atoms with Gasteiger partial charge in [-0.05, 0) is 6.92 Å². The molecule has 1 aromatic heterocycles. The average molecular weight is 189 g/mol. The molecule has 0 fully saturated rings. The predicted molar refractivity (Wildman–Crippen MR) is 44.2 cm³/mol. The number of carbonyl (C=O) groups is 1. The summed E-state index contributed by atoms with van der Waals surface area (Å²) in [6.07, 6.45) is 1.55. The van der Waals surface area contributed by atoms with Crippen LogP contribution in [-0.4, -0.2) is 22.4 Å². The lowest BCUT2D eigenvalue weighted by Crippen LogP contribution is -2.06. The van der Waals surface area contributed by atoms with Crippen LogP contribution in [0.15, 0.2) is 6.20 Å². The van der Waals surface area contributed by atoms with E-state index < -0.39 is 5.97 Å². The molecule has 1 heterocycles. The highest BCUT2D eigenvalue weighted by atomic mass is 35.5. The van der Waals surface area contributed by atoms with Gasteiger partial charge in [-0.2, -0.15) is 5.10 Å². The molecule has 0 unspecified atom stereocenters. The minimum absolute atomic E-state index is 0.168. The monoisotopic (exact) mass is 188 g/mol. The number of carbonyl (C=O) groups excluding carboxylic acids is 1. The third kappa shape index (κ3) is 1.76. The quantitative estimate of drug-likeness (QED) is 0.657. The van der Waals surface area contributed by atoms with Gasteiger partial charge in [-0.15, -0.1) is 0 Å². The van der Waals surface area contributed by atoms with Crippen molar-refractivity contribution in [1.82, 2.24) is 9.78 Å². The zero-order valence-electron chi connectivity index (χ0n) is 6.87.